The number of carbonyl (C=O) groups is 1. The summed E-state index contributed by atoms with van der Waals surface area (Å²) in [5.74, 6) is 1.28. The molecule has 0 aliphatic carbocycles. The van der Waals surface area contributed by atoms with Gasteiger partial charge in [-0.1, -0.05) is 46.3 Å². The number of aldehydes is 1. The second-order valence-corrected chi connectivity index (χ2v) is 3.55. The van der Waals surface area contributed by atoms with E-state index in [4.69, 9.17) is 9.47 Å². The molecular weight excluding hydrogens is 260 g/mol. The third kappa shape index (κ3) is 2.04. The first-order valence-corrected chi connectivity index (χ1v) is 5.60. The highest BCUT2D eigenvalue weighted by atomic mass is 79.9. The van der Waals surface area contributed by atoms with Crippen LogP contribution in [0.15, 0.2) is 36.1 Å². The Morgan fingerprint density at radius 2 is 2.00 bits per heavy atom. The van der Waals surface area contributed by atoms with Crippen LogP contribution in [0.3, 0.4) is 0 Å². The lowest BCUT2D eigenvalue weighted by molar-refractivity contribution is -0.128. The van der Waals surface area contributed by atoms with Gasteiger partial charge < -0.3 is 9.47 Å². The van der Waals surface area contributed by atoms with Crippen LogP contribution in [0.1, 0.15) is 5.56 Å². The Labute approximate surface area is 95.8 Å². The van der Waals surface area contributed by atoms with E-state index >= 15 is 0 Å². The Morgan fingerprint density at radius 1 is 1.27 bits per heavy atom. The normalized spacial score (nSPS) is 19.7. The van der Waals surface area contributed by atoms with Crippen LogP contribution in [0.25, 0.3) is 5.76 Å². The van der Waals surface area contributed by atoms with Crippen molar-refractivity contribution in [1.29, 1.82) is 0 Å². The van der Waals surface area contributed by atoms with Crippen molar-refractivity contribution in [2.75, 3.05) is 5.33 Å². The van der Waals surface area contributed by atoms with E-state index in [9.17, 15) is 4.79 Å². The van der Waals surface area contributed by atoms with Crippen LogP contribution in [0.5, 0.6) is 0 Å². The fourth-order valence-corrected chi connectivity index (χ4v) is 1.75. The molecule has 1 unspecified atom stereocenters. The highest BCUT2D eigenvalue weighted by Crippen LogP contribution is 2.30. The molecule has 1 aromatic carbocycles. The van der Waals surface area contributed by atoms with Crippen LogP contribution in [0, 0.1) is 0 Å². The number of carbonyl (C=O) groups excluding carboxylic acids is 1. The highest BCUT2D eigenvalue weighted by Gasteiger charge is 2.26. The van der Waals surface area contributed by atoms with E-state index in [2.05, 4.69) is 15.9 Å². The van der Waals surface area contributed by atoms with Crippen molar-refractivity contribution in [3.8, 4) is 0 Å². The Morgan fingerprint density at radius 3 is 2.60 bits per heavy atom. The summed E-state index contributed by atoms with van der Waals surface area (Å²) in [5, 5.41) is 0.529. The molecule has 1 aliphatic rings. The summed E-state index contributed by atoms with van der Waals surface area (Å²) in [6.45, 7) is 0. The first-order valence-electron chi connectivity index (χ1n) is 4.48. The number of rotatable bonds is 3. The van der Waals surface area contributed by atoms with Gasteiger partial charge in [-0.2, -0.15) is 0 Å². The van der Waals surface area contributed by atoms with E-state index < -0.39 is 6.29 Å². The lowest BCUT2D eigenvalue weighted by Gasteiger charge is -2.03. The Kier molecular flexibility index (Phi) is 3.06. The summed E-state index contributed by atoms with van der Waals surface area (Å²) in [7, 11) is 0. The van der Waals surface area contributed by atoms with Crippen molar-refractivity contribution < 1.29 is 14.3 Å². The molecule has 1 aromatic rings. The number of alkyl halides is 1. The van der Waals surface area contributed by atoms with E-state index in [1.165, 1.54) is 0 Å². The number of ether oxygens (including phenoxy) is 2. The third-order valence-corrected chi connectivity index (χ3v) is 2.52. The van der Waals surface area contributed by atoms with E-state index in [1.807, 2.05) is 30.3 Å². The molecule has 0 saturated carbocycles. The molecule has 0 N–H and O–H groups in total. The monoisotopic (exact) mass is 268 g/mol. The summed E-state index contributed by atoms with van der Waals surface area (Å²) in [4.78, 5) is 10.6. The number of hydrogen-bond donors (Lipinski definition) is 0. The topological polar surface area (TPSA) is 35.5 Å². The standard InChI is InChI=1S/C11H9BrO3/c12-6-9-11(15-10(7-13)14-9)8-4-2-1-3-5-8/h1-5,7,10H,6H2. The second-order valence-electron chi connectivity index (χ2n) is 2.99. The molecule has 0 saturated heterocycles. The average Bonchev–Trinajstić information content (AvgIpc) is 2.73. The van der Waals surface area contributed by atoms with Gasteiger partial charge in [0.05, 0.1) is 5.33 Å². The molecule has 78 valence electrons. The van der Waals surface area contributed by atoms with Gasteiger partial charge in [-0.05, 0) is 0 Å². The van der Waals surface area contributed by atoms with Crippen molar-refractivity contribution in [2.45, 2.75) is 6.29 Å². The van der Waals surface area contributed by atoms with Gasteiger partial charge in [-0.25, -0.2) is 0 Å². The van der Waals surface area contributed by atoms with Gasteiger partial charge in [-0.3, -0.25) is 4.79 Å². The summed E-state index contributed by atoms with van der Waals surface area (Å²) in [6.07, 6.45) is -0.175. The quantitative estimate of drug-likeness (QED) is 0.624. The molecule has 1 aliphatic heterocycles. The lowest BCUT2D eigenvalue weighted by atomic mass is 10.2. The van der Waals surface area contributed by atoms with Crippen LogP contribution in [0.4, 0.5) is 0 Å². The number of allylic oxidation sites excluding steroid dienone is 1. The Balaban J connectivity index is 2.31. The molecule has 0 aromatic heterocycles. The first kappa shape index (κ1) is 10.2. The summed E-state index contributed by atoms with van der Waals surface area (Å²) in [6, 6.07) is 9.56. The average molecular weight is 269 g/mol. The van der Waals surface area contributed by atoms with Gasteiger partial charge in [0, 0.05) is 5.56 Å². The van der Waals surface area contributed by atoms with Crippen LogP contribution in [0.2, 0.25) is 0 Å². The molecule has 0 fully saturated rings. The molecule has 0 amide bonds. The van der Waals surface area contributed by atoms with Gasteiger partial charge in [0.2, 0.25) is 6.29 Å². The van der Waals surface area contributed by atoms with Gasteiger partial charge in [0.15, 0.2) is 11.5 Å². The predicted octanol–water partition coefficient (Wildman–Crippen LogP) is 2.32. The van der Waals surface area contributed by atoms with Gasteiger partial charge in [0.1, 0.15) is 0 Å². The minimum absolute atomic E-state index is 0.529. The predicted molar refractivity (Wildman–Crippen MR) is 59.2 cm³/mol. The molecule has 2 rings (SSSR count). The van der Waals surface area contributed by atoms with Crippen LogP contribution in [-0.2, 0) is 14.3 Å². The molecule has 0 spiro atoms. The van der Waals surface area contributed by atoms with Crippen LogP contribution >= 0.6 is 15.9 Å². The lowest BCUT2D eigenvalue weighted by Crippen LogP contribution is -2.09. The van der Waals surface area contributed by atoms with Gasteiger partial charge in [-0.15, -0.1) is 0 Å². The van der Waals surface area contributed by atoms with Crippen molar-refractivity contribution >= 4 is 28.0 Å². The van der Waals surface area contributed by atoms with Gasteiger partial charge in [0.25, 0.3) is 6.29 Å². The number of hydrogen-bond acceptors (Lipinski definition) is 3. The van der Waals surface area contributed by atoms with Crippen molar-refractivity contribution in [3.63, 3.8) is 0 Å². The molecule has 1 atom stereocenters. The Hall–Kier alpha value is -1.29. The van der Waals surface area contributed by atoms with E-state index in [0.717, 1.165) is 5.56 Å². The zero-order valence-corrected chi connectivity index (χ0v) is 9.44. The largest absolute Gasteiger partial charge is 0.448 e. The van der Waals surface area contributed by atoms with Crippen molar-refractivity contribution in [2.24, 2.45) is 0 Å². The molecule has 15 heavy (non-hydrogen) atoms. The van der Waals surface area contributed by atoms with Gasteiger partial charge >= 0.3 is 0 Å². The zero-order valence-electron chi connectivity index (χ0n) is 7.85. The molecule has 3 nitrogen and oxygen atoms in total. The Bertz CT molecular complexity index is 386. The summed E-state index contributed by atoms with van der Waals surface area (Å²) < 4.78 is 10.6. The van der Waals surface area contributed by atoms with E-state index in [-0.39, 0.29) is 0 Å². The second kappa shape index (κ2) is 4.49. The maximum absolute atomic E-state index is 10.6. The maximum Gasteiger partial charge on any atom is 0.297 e. The molecule has 1 heterocycles. The smallest absolute Gasteiger partial charge is 0.297 e. The maximum atomic E-state index is 10.6. The van der Waals surface area contributed by atoms with E-state index in [1.54, 1.807) is 0 Å². The molecule has 0 radical (unpaired) electrons. The third-order valence-electron chi connectivity index (χ3n) is 2.01. The summed E-state index contributed by atoms with van der Waals surface area (Å²) >= 11 is 3.29. The first-order chi connectivity index (χ1) is 7.35. The number of benzene rings is 1. The van der Waals surface area contributed by atoms with Crippen LogP contribution < -0.4 is 0 Å². The fourth-order valence-electron chi connectivity index (χ4n) is 1.37. The molecular formula is C11H9BrO3. The highest BCUT2D eigenvalue weighted by molar-refractivity contribution is 9.09. The number of halogens is 1. The molecule has 0 bridgehead atoms. The minimum atomic E-state index is -0.812. The zero-order chi connectivity index (χ0) is 10.7. The SMILES string of the molecule is O=CC1OC(CBr)=C(c2ccccc2)O1. The minimum Gasteiger partial charge on any atom is -0.448 e. The van der Waals surface area contributed by atoms with Crippen LogP contribution in [-0.4, -0.2) is 17.9 Å². The molecule has 4 heteroatoms. The van der Waals surface area contributed by atoms with Crippen molar-refractivity contribution in [1.82, 2.24) is 0 Å². The van der Waals surface area contributed by atoms with Crippen molar-refractivity contribution in [3.05, 3.63) is 41.7 Å². The summed E-state index contributed by atoms with van der Waals surface area (Å²) in [5.41, 5.74) is 0.913. The fraction of sp³-hybridized carbons (Fsp3) is 0.182. The van der Waals surface area contributed by atoms with E-state index in [0.29, 0.717) is 23.1 Å².